The predicted octanol–water partition coefficient (Wildman–Crippen LogP) is 17.0. The van der Waals surface area contributed by atoms with Crippen LogP contribution < -0.4 is 57.8 Å². The number of benzene rings is 10. The molecule has 0 aliphatic carbocycles. The van der Waals surface area contributed by atoms with Crippen LogP contribution in [-0.2, 0) is 62.3 Å². The first-order valence-corrected chi connectivity index (χ1v) is 46.9. The average molecular weight is 2060 g/mol. The van der Waals surface area contributed by atoms with Crippen molar-refractivity contribution in [2.75, 3.05) is 105 Å². The molecule has 0 unspecified atom stereocenters. The van der Waals surface area contributed by atoms with E-state index in [4.69, 9.17) is 34.0 Å². The van der Waals surface area contributed by atoms with Gasteiger partial charge in [0.05, 0.1) is 106 Å². The Kier molecular flexibility index (Phi) is 43.8. The molecule has 7 atom stereocenters. The fraction of sp³-hybridized carbons (Fsp3) is 0.347. The maximum Gasteiger partial charge on any atom is 0.497 e. The molecule has 5 heterocycles. The fourth-order valence-corrected chi connectivity index (χ4v) is 14.4. The minimum Gasteiger partial charge on any atom is -0.442 e. The number of epoxide rings is 1. The first-order valence-electron chi connectivity index (χ1n) is 44.2. The van der Waals surface area contributed by atoms with Crippen molar-refractivity contribution >= 4 is 113 Å². The molecule has 0 bridgehead atoms. The first kappa shape index (κ1) is 108. The van der Waals surface area contributed by atoms with Crippen LogP contribution in [0.25, 0.3) is 22.3 Å². The van der Waals surface area contributed by atoms with E-state index in [1.807, 2.05) is 143 Å². The Morgan fingerprint density at radius 2 is 0.807 bits per heavy atom. The van der Waals surface area contributed by atoms with E-state index < -0.39 is 97.4 Å². The van der Waals surface area contributed by atoms with Gasteiger partial charge in [0.25, 0.3) is 0 Å². The molecule has 10 aromatic carbocycles. The number of nitrogens with one attached hydrogen (secondary N) is 6. The van der Waals surface area contributed by atoms with Crippen LogP contribution in [0.2, 0.25) is 0 Å². The van der Waals surface area contributed by atoms with Gasteiger partial charge in [0.15, 0.2) is 0 Å². The Morgan fingerprint density at radius 1 is 0.467 bits per heavy atom. The van der Waals surface area contributed by atoms with Gasteiger partial charge in [-0.15, -0.1) is 0 Å². The second kappa shape index (κ2) is 54.8. The van der Waals surface area contributed by atoms with Crippen molar-refractivity contribution in [3.63, 3.8) is 0 Å². The maximum absolute atomic E-state index is 15.0. The van der Waals surface area contributed by atoms with Crippen molar-refractivity contribution in [2.24, 2.45) is 5.73 Å². The molecule has 6 amide bonds. The number of carbonyl (C=O) groups is 6. The quantitative estimate of drug-likeness (QED) is 0.00468. The third-order valence-corrected chi connectivity index (χ3v) is 23.5. The van der Waals surface area contributed by atoms with E-state index >= 15 is 0 Å². The third kappa shape index (κ3) is 35.0. The van der Waals surface area contributed by atoms with Gasteiger partial charge >= 0.3 is 25.4 Å². The molecule has 0 saturated carbocycles. The highest BCUT2D eigenvalue weighted by Gasteiger charge is 2.53. The molecule has 0 spiro atoms. The van der Waals surface area contributed by atoms with E-state index in [1.54, 1.807) is 84.9 Å². The fourth-order valence-electron chi connectivity index (χ4n) is 13.7. The highest BCUT2D eigenvalue weighted by molar-refractivity contribution is 9.10. The number of alkyl halides is 3. The van der Waals surface area contributed by atoms with Crippen LogP contribution in [0.1, 0.15) is 125 Å². The second-order valence-corrected chi connectivity index (χ2v) is 35.5. The number of cyclic esters (lactones) is 3. The molecule has 5 saturated heterocycles. The summed E-state index contributed by atoms with van der Waals surface area (Å²) >= 11 is 9.82. The minimum atomic E-state index is -0.818. The Hall–Kier alpha value is -10.8. The number of hydrogen-bond donors (Lipinski definition) is 10. The molecule has 34 heteroatoms. The van der Waals surface area contributed by atoms with E-state index in [9.17, 15) is 66.0 Å². The molecular formula is C101H117BBr3F5N10O15. The zero-order valence-corrected chi connectivity index (χ0v) is 81.1. The third-order valence-electron chi connectivity index (χ3n) is 21.9. The molecule has 25 nitrogen and oxygen atoms in total. The van der Waals surface area contributed by atoms with Gasteiger partial charge in [0, 0.05) is 90.9 Å². The number of hydrogen-bond acceptors (Lipinski definition) is 19. The Labute approximate surface area is 810 Å². The van der Waals surface area contributed by atoms with Gasteiger partial charge in [-0.3, -0.25) is 37.9 Å². The Bertz CT molecular complexity index is 5360. The second-order valence-electron chi connectivity index (χ2n) is 32.9. The summed E-state index contributed by atoms with van der Waals surface area (Å²) in [4.78, 5) is 73.5. The molecule has 5 fully saturated rings. The van der Waals surface area contributed by atoms with Crippen LogP contribution in [-0.4, -0.2) is 179 Å². The van der Waals surface area contributed by atoms with E-state index in [0.717, 1.165) is 44.1 Å². The van der Waals surface area contributed by atoms with E-state index in [2.05, 4.69) is 104 Å². The highest BCUT2D eigenvalue weighted by Crippen LogP contribution is 2.38. The molecule has 15 rings (SSSR count). The van der Waals surface area contributed by atoms with Crippen LogP contribution in [0.15, 0.2) is 252 Å². The van der Waals surface area contributed by atoms with E-state index in [-0.39, 0.29) is 69.1 Å². The molecule has 5 aliphatic rings. The van der Waals surface area contributed by atoms with Crippen LogP contribution in [0.5, 0.6) is 0 Å². The van der Waals surface area contributed by atoms with Crippen molar-refractivity contribution in [3.05, 3.63) is 308 Å². The van der Waals surface area contributed by atoms with E-state index in [1.165, 1.54) is 70.4 Å². The smallest absolute Gasteiger partial charge is 0.442 e. The van der Waals surface area contributed by atoms with Crippen molar-refractivity contribution in [1.29, 1.82) is 0 Å². The molecule has 10 aromatic rings. The molecule has 720 valence electrons. The Balaban J connectivity index is 0.000000189. The van der Waals surface area contributed by atoms with Crippen molar-refractivity contribution in [2.45, 2.75) is 135 Å². The monoisotopic (exact) mass is 2050 g/mol. The molecule has 5 aliphatic heterocycles. The Morgan fingerprint density at radius 3 is 1.13 bits per heavy atom. The first-order chi connectivity index (χ1) is 64.7. The van der Waals surface area contributed by atoms with Crippen molar-refractivity contribution in [1.82, 2.24) is 31.9 Å². The zero-order valence-electron chi connectivity index (χ0n) is 76.3. The standard InChI is InChI=1S/C27H28FN3O4.C23H27F2N3O4.C18H24BFN2O5.C15H16BrNO.C8H7BrO.C7H9N.C3H6BrF/c1-18(32)30-15-23-17-31(27(34)35-23)22-11-12-24(25(28)13-22)20-7-9-21(10-8-20)26(33)16-29-14-19-5-3-2-4-6-19;1-15(29)27-12-19-14-28(23(31)32-19)18-7-8-20(21(25)11-18)16-3-5-17(6-4-16)22(30)13-26-10-2-9-24;1-11(23)21-9-13-10-22(16(24)25-13)12-6-7-14(15(20)8-12)19-26-17(2,3)18(4,5)27-19;16-14-8-6-13(7-9-14)15(18)11-17-10-12-4-2-1-3-5-12;9-7-3-1-6(2-4-7)8-5-10-8;8-6-7-4-2-1-3-5-7;4-2-1-3-5/h2-13,23,26,29,33H,14-17H2,1H3,(H,30,32);3-8,11,19,22,26,30H,2,9-10,12-14H2,1H3,(H,27,29);6-8,13H,9-10H2,1-5H3,(H,21,23);1-9,15,17-18H,10-11H2;1-4,8H,5H2;1-5H,6,8H2;1-3H2/t23-,26+;19-,22+;13-;15-;8-;;/m00011../s1. The topological polar surface area (TPSA) is 330 Å². The predicted molar refractivity (Wildman–Crippen MR) is 525 cm³/mol. The summed E-state index contributed by atoms with van der Waals surface area (Å²) in [6, 6.07) is 73.6. The zero-order chi connectivity index (χ0) is 97.6. The minimum absolute atomic E-state index is 0.196. The average Bonchev–Trinajstić information content (AvgIpc) is 1.62. The molecule has 11 N–H and O–H groups in total. The van der Waals surface area contributed by atoms with E-state index in [0.29, 0.717) is 103 Å². The van der Waals surface area contributed by atoms with Gasteiger partial charge in [-0.1, -0.05) is 218 Å². The summed E-state index contributed by atoms with van der Waals surface area (Å²) in [6.07, 6.45) is -3.71. The summed E-state index contributed by atoms with van der Waals surface area (Å²) in [5.41, 5.74) is 14.8. The molecular weight excluding hydrogens is 1940 g/mol. The summed E-state index contributed by atoms with van der Waals surface area (Å²) in [7, 11) is -0.818. The van der Waals surface area contributed by atoms with Gasteiger partial charge in [0.2, 0.25) is 17.7 Å². The summed E-state index contributed by atoms with van der Waals surface area (Å²) in [6.45, 7) is 17.1. The van der Waals surface area contributed by atoms with Gasteiger partial charge in [-0.25, -0.2) is 27.6 Å². The lowest BCUT2D eigenvalue weighted by atomic mass is 9.78. The number of aliphatic hydroxyl groups is 3. The van der Waals surface area contributed by atoms with Gasteiger partial charge < -0.3 is 81.2 Å². The number of amides is 6. The van der Waals surface area contributed by atoms with Gasteiger partial charge in [0.1, 0.15) is 41.9 Å². The molecule has 0 aromatic heterocycles. The number of ether oxygens (including phenoxy) is 4. The van der Waals surface area contributed by atoms with Crippen LogP contribution in [0.3, 0.4) is 0 Å². The highest BCUT2D eigenvalue weighted by atomic mass is 79.9. The lowest BCUT2D eigenvalue weighted by Crippen LogP contribution is -2.41. The summed E-state index contributed by atoms with van der Waals surface area (Å²) in [5.74, 6) is -2.13. The number of carbonyl (C=O) groups excluding carboxylic acids is 6. The number of aliphatic hydroxyl groups excluding tert-OH is 3. The van der Waals surface area contributed by atoms with Crippen LogP contribution >= 0.6 is 47.8 Å². The number of nitrogens with zero attached hydrogens (tertiary/aromatic N) is 3. The van der Waals surface area contributed by atoms with Crippen molar-refractivity contribution < 1.29 is 94.3 Å². The van der Waals surface area contributed by atoms with Crippen LogP contribution in [0.4, 0.5) is 53.4 Å². The van der Waals surface area contributed by atoms with Gasteiger partial charge in [-0.05, 0) is 170 Å². The maximum atomic E-state index is 15.0. The largest absolute Gasteiger partial charge is 0.497 e. The lowest BCUT2D eigenvalue weighted by Gasteiger charge is -2.32. The normalized spacial score (nSPS) is 17.0. The van der Waals surface area contributed by atoms with Crippen molar-refractivity contribution in [3.8, 4) is 22.3 Å². The lowest BCUT2D eigenvalue weighted by molar-refractivity contribution is -0.120. The number of halogens is 8. The SMILES string of the molecule is Brc1ccc([C@H]2CO2)cc1.CC(=O)NC[C@H]1CN(c2ccc(-c3ccc([C@H](O)CNCCCF)cc3)c(F)c2)C(=O)O1.CC(=O)NC[C@H]1CN(c2ccc(-c3ccc([C@H](O)CNCc4ccccc4)cc3)c(F)c2)C(=O)O1.CC(=O)NC[C@H]1CN(c2ccc(B3OC(C)(C)C(C)(C)O3)c(F)c2)C(=O)O1.FCCCBr.NCc1ccccc1.O[C@H](CNCc1ccccc1)c1ccc(Br)cc1. The van der Waals surface area contributed by atoms with Gasteiger partial charge in [-0.2, -0.15) is 0 Å². The number of nitrogens with two attached hydrogens (primary N) is 1. The summed E-state index contributed by atoms with van der Waals surface area (Å²) in [5, 5.41) is 48.8. The summed E-state index contributed by atoms with van der Waals surface area (Å²) < 4.78 is 102. The number of anilines is 3. The molecule has 0 radical (unpaired) electrons. The number of rotatable bonds is 32. The molecule has 135 heavy (non-hydrogen) atoms. The van der Waals surface area contributed by atoms with Crippen LogP contribution in [0, 0.1) is 17.5 Å².